The summed E-state index contributed by atoms with van der Waals surface area (Å²) >= 11 is 0. The number of benzene rings is 1. The van der Waals surface area contributed by atoms with Crippen LogP contribution in [0.5, 0.6) is 11.5 Å². The number of ether oxygens (including phenoxy) is 5. The zero-order valence-electron chi connectivity index (χ0n) is 15.5. The largest absolute Gasteiger partial charge is 0.487 e. The smallest absolute Gasteiger partial charge is 0.163 e. The molecule has 1 aromatic heterocycles. The molecule has 2 N–H and O–H groups in total. The summed E-state index contributed by atoms with van der Waals surface area (Å²) in [6.45, 7) is 1.44. The number of hydrogen-bond donors (Lipinski definition) is 2. The third-order valence-corrected chi connectivity index (χ3v) is 4.42. The Morgan fingerprint density at radius 3 is 2.37 bits per heavy atom. The number of nitrogens with zero attached hydrogens (tertiary/aromatic N) is 2. The van der Waals surface area contributed by atoms with Gasteiger partial charge in [-0.05, 0) is 0 Å². The molecule has 9 nitrogen and oxygen atoms in total. The Balaban J connectivity index is 1.88. The fourth-order valence-corrected chi connectivity index (χ4v) is 3.01. The van der Waals surface area contributed by atoms with E-state index in [1.807, 2.05) is 10.6 Å². The van der Waals surface area contributed by atoms with E-state index in [2.05, 4.69) is 4.98 Å². The van der Waals surface area contributed by atoms with Gasteiger partial charge in [0.2, 0.25) is 0 Å². The van der Waals surface area contributed by atoms with Crippen molar-refractivity contribution < 1.29 is 33.9 Å². The molecule has 1 aliphatic heterocycles. The topological polar surface area (TPSA) is 104 Å². The quantitative estimate of drug-likeness (QED) is 0.580. The number of rotatable bonds is 10. The van der Waals surface area contributed by atoms with E-state index in [0.717, 1.165) is 5.52 Å². The molecule has 3 rings (SSSR count). The second-order valence-corrected chi connectivity index (χ2v) is 6.24. The third-order valence-electron chi connectivity index (χ3n) is 4.42. The summed E-state index contributed by atoms with van der Waals surface area (Å²) in [7, 11) is 3.22. The van der Waals surface area contributed by atoms with Crippen LogP contribution in [0.1, 0.15) is 12.6 Å². The molecule has 0 unspecified atom stereocenters. The maximum absolute atomic E-state index is 10.0. The lowest BCUT2D eigenvalue weighted by atomic mass is 10.2. The number of aliphatic hydroxyl groups is 2. The predicted molar refractivity (Wildman–Crippen MR) is 96.1 cm³/mol. The molecule has 1 saturated heterocycles. The van der Waals surface area contributed by atoms with Crippen LogP contribution in [0.3, 0.4) is 0 Å². The van der Waals surface area contributed by atoms with Gasteiger partial charge in [0.1, 0.15) is 25.5 Å². The highest BCUT2D eigenvalue weighted by molar-refractivity contribution is 5.80. The van der Waals surface area contributed by atoms with Gasteiger partial charge in [0.25, 0.3) is 0 Å². The first-order valence-electron chi connectivity index (χ1n) is 8.86. The minimum atomic E-state index is -0.716. The zero-order chi connectivity index (χ0) is 19.2. The number of aliphatic hydroxyl groups excluding tert-OH is 2. The second-order valence-electron chi connectivity index (χ2n) is 6.24. The van der Waals surface area contributed by atoms with Crippen molar-refractivity contribution in [3.8, 4) is 11.5 Å². The van der Waals surface area contributed by atoms with Crippen molar-refractivity contribution in [3.63, 3.8) is 0 Å². The van der Waals surface area contributed by atoms with E-state index in [9.17, 15) is 10.2 Å². The standard InChI is InChI=1S/C18H26N2O7/c1-23-3-5-25-15-7-12-13(8-16(15)26-6-4-24-2)20(11-19-12)18-9-14(22)17(10-21)27-18/h7-8,11,14,17-18,21-22H,3-6,9-10H2,1-2H3/t14-,17-,18-/m1/s1. The molecule has 1 fully saturated rings. The molecule has 0 radical (unpaired) electrons. The Hall–Kier alpha value is -1.91. The van der Waals surface area contributed by atoms with Gasteiger partial charge in [0.15, 0.2) is 11.5 Å². The van der Waals surface area contributed by atoms with E-state index in [-0.39, 0.29) is 6.61 Å². The molecule has 2 heterocycles. The average Bonchev–Trinajstić information content (AvgIpc) is 3.24. The highest BCUT2D eigenvalue weighted by atomic mass is 16.6. The third kappa shape index (κ3) is 4.50. The van der Waals surface area contributed by atoms with Gasteiger partial charge >= 0.3 is 0 Å². The van der Waals surface area contributed by atoms with Gasteiger partial charge in [-0.25, -0.2) is 4.98 Å². The maximum atomic E-state index is 10.0. The van der Waals surface area contributed by atoms with Crippen molar-refractivity contribution in [3.05, 3.63) is 18.5 Å². The van der Waals surface area contributed by atoms with Crippen LogP contribution >= 0.6 is 0 Å². The normalized spacial score (nSPS) is 22.4. The van der Waals surface area contributed by atoms with Crippen LogP contribution in [-0.2, 0) is 14.2 Å². The number of hydrogen-bond acceptors (Lipinski definition) is 8. The molecule has 0 spiro atoms. The van der Waals surface area contributed by atoms with Crippen LogP contribution in [0.4, 0.5) is 0 Å². The molecule has 27 heavy (non-hydrogen) atoms. The van der Waals surface area contributed by atoms with Crippen molar-refractivity contribution in [2.45, 2.75) is 24.9 Å². The van der Waals surface area contributed by atoms with Gasteiger partial charge in [-0.15, -0.1) is 0 Å². The van der Waals surface area contributed by atoms with Crippen LogP contribution in [0, 0.1) is 0 Å². The van der Waals surface area contributed by atoms with Gasteiger partial charge in [-0.1, -0.05) is 0 Å². The molecule has 9 heteroatoms. The maximum Gasteiger partial charge on any atom is 0.163 e. The van der Waals surface area contributed by atoms with Crippen molar-refractivity contribution in [1.29, 1.82) is 0 Å². The Bertz CT molecular complexity index is 736. The predicted octanol–water partition coefficient (Wildman–Crippen LogP) is 0.727. The van der Waals surface area contributed by atoms with Crippen LogP contribution in [-0.4, -0.2) is 79.2 Å². The highest BCUT2D eigenvalue weighted by Gasteiger charge is 2.35. The molecule has 0 saturated carbocycles. The summed E-state index contributed by atoms with van der Waals surface area (Å²) < 4.78 is 29.2. The average molecular weight is 382 g/mol. The van der Waals surface area contributed by atoms with E-state index in [4.69, 9.17) is 23.7 Å². The minimum absolute atomic E-state index is 0.229. The van der Waals surface area contributed by atoms with Gasteiger partial charge in [-0.2, -0.15) is 0 Å². The van der Waals surface area contributed by atoms with Crippen molar-refractivity contribution in [2.24, 2.45) is 0 Å². The zero-order valence-corrected chi connectivity index (χ0v) is 15.5. The Morgan fingerprint density at radius 2 is 1.78 bits per heavy atom. The van der Waals surface area contributed by atoms with Gasteiger partial charge in [-0.3, -0.25) is 0 Å². The lowest BCUT2D eigenvalue weighted by molar-refractivity contribution is -0.0430. The first-order valence-corrected chi connectivity index (χ1v) is 8.86. The summed E-state index contributed by atoms with van der Waals surface area (Å²) in [5.74, 6) is 1.14. The van der Waals surface area contributed by atoms with E-state index >= 15 is 0 Å². The Labute approximate surface area is 157 Å². The van der Waals surface area contributed by atoms with Crippen molar-refractivity contribution in [1.82, 2.24) is 9.55 Å². The fourth-order valence-electron chi connectivity index (χ4n) is 3.01. The minimum Gasteiger partial charge on any atom is -0.487 e. The first-order chi connectivity index (χ1) is 13.2. The monoisotopic (exact) mass is 382 g/mol. The molecule has 1 aliphatic rings. The molecule has 1 aromatic carbocycles. The Kier molecular flexibility index (Phi) is 6.86. The number of methoxy groups -OCH3 is 2. The van der Waals surface area contributed by atoms with E-state index in [1.54, 1.807) is 26.6 Å². The summed E-state index contributed by atoms with van der Waals surface area (Å²) in [6.07, 6.45) is 0.310. The molecule has 2 aromatic rings. The van der Waals surface area contributed by atoms with Crippen LogP contribution in [0.25, 0.3) is 11.0 Å². The van der Waals surface area contributed by atoms with E-state index in [1.165, 1.54) is 0 Å². The summed E-state index contributed by atoms with van der Waals surface area (Å²) in [5.41, 5.74) is 1.50. The molecular formula is C18H26N2O7. The fraction of sp³-hybridized carbons (Fsp3) is 0.611. The van der Waals surface area contributed by atoms with Crippen LogP contribution in [0.15, 0.2) is 18.5 Å². The number of aromatic nitrogens is 2. The van der Waals surface area contributed by atoms with Gasteiger partial charge in [0.05, 0.1) is 43.3 Å². The molecule has 0 aliphatic carbocycles. The van der Waals surface area contributed by atoms with Crippen molar-refractivity contribution in [2.75, 3.05) is 47.3 Å². The molecule has 3 atom stereocenters. The molecule has 150 valence electrons. The number of fused-ring (bicyclic) bond motifs is 1. The van der Waals surface area contributed by atoms with Crippen LogP contribution < -0.4 is 9.47 Å². The lowest BCUT2D eigenvalue weighted by Gasteiger charge is -2.16. The summed E-state index contributed by atoms with van der Waals surface area (Å²) in [5, 5.41) is 19.3. The molecule has 0 bridgehead atoms. The lowest BCUT2D eigenvalue weighted by Crippen LogP contribution is -2.24. The Morgan fingerprint density at radius 1 is 1.11 bits per heavy atom. The summed E-state index contributed by atoms with van der Waals surface area (Å²) in [4.78, 5) is 4.41. The van der Waals surface area contributed by atoms with E-state index in [0.29, 0.717) is 49.9 Å². The SMILES string of the molecule is COCCOc1cc2ncn([C@H]3C[C@@H](O)[C@@H](CO)O3)c2cc1OCCOC. The molecular weight excluding hydrogens is 356 g/mol. The van der Waals surface area contributed by atoms with E-state index < -0.39 is 18.4 Å². The number of imidazole rings is 1. The molecule has 0 amide bonds. The second kappa shape index (κ2) is 9.34. The van der Waals surface area contributed by atoms with Crippen LogP contribution in [0.2, 0.25) is 0 Å². The van der Waals surface area contributed by atoms with Gasteiger partial charge in [0, 0.05) is 32.8 Å². The van der Waals surface area contributed by atoms with Gasteiger partial charge < -0.3 is 38.5 Å². The highest BCUT2D eigenvalue weighted by Crippen LogP contribution is 2.36. The van der Waals surface area contributed by atoms with Crippen molar-refractivity contribution >= 4 is 11.0 Å². The first kappa shape index (κ1) is 19.8. The summed E-state index contributed by atoms with van der Waals surface area (Å²) in [6, 6.07) is 3.64.